The number of Topliss-reactive ketones (excluding diaryl/α,β-unsaturated/α-hetero) is 1. The molecule has 5 rings (SSSR count). The van der Waals surface area contributed by atoms with Gasteiger partial charge in [-0.15, -0.1) is 0 Å². The van der Waals surface area contributed by atoms with Crippen LogP contribution in [0.1, 0.15) is 29.3 Å². The van der Waals surface area contributed by atoms with E-state index in [-0.39, 0.29) is 35.4 Å². The second-order valence-electron chi connectivity index (χ2n) is 9.10. The molecule has 3 heterocycles. The molecule has 3 aliphatic rings. The molecule has 2 aromatic rings. The van der Waals surface area contributed by atoms with Gasteiger partial charge >= 0.3 is 0 Å². The molecule has 9 heteroatoms. The van der Waals surface area contributed by atoms with E-state index < -0.39 is 28.8 Å². The van der Waals surface area contributed by atoms with Gasteiger partial charge in [0.1, 0.15) is 6.04 Å². The number of benzene rings is 2. The lowest BCUT2D eigenvalue weighted by Crippen LogP contribution is -2.49. The lowest BCUT2D eigenvalue weighted by atomic mass is 9.85. The van der Waals surface area contributed by atoms with Crippen LogP contribution in [-0.4, -0.2) is 59.8 Å². The molecule has 0 aromatic heterocycles. The number of allylic oxidation sites excluding steroid dienone is 1. The van der Waals surface area contributed by atoms with Gasteiger partial charge in [-0.2, -0.15) is 0 Å². The van der Waals surface area contributed by atoms with Crippen LogP contribution in [0.3, 0.4) is 0 Å². The van der Waals surface area contributed by atoms with Gasteiger partial charge in [-0.05, 0) is 37.1 Å². The number of nitro benzene ring substituents is 1. The summed E-state index contributed by atoms with van der Waals surface area (Å²) in [5.74, 6) is -2.48. The van der Waals surface area contributed by atoms with Crippen molar-refractivity contribution >= 4 is 34.5 Å². The van der Waals surface area contributed by atoms with Crippen molar-refractivity contribution < 1.29 is 24.0 Å². The zero-order chi connectivity index (χ0) is 24.9. The minimum Gasteiger partial charge on any atom is -0.385 e. The third kappa shape index (κ3) is 3.54. The van der Waals surface area contributed by atoms with Gasteiger partial charge in [-0.3, -0.25) is 29.4 Å². The Balaban J connectivity index is 1.59. The second kappa shape index (κ2) is 8.74. The van der Waals surface area contributed by atoms with E-state index in [0.717, 1.165) is 16.8 Å². The first-order valence-corrected chi connectivity index (χ1v) is 11.5. The van der Waals surface area contributed by atoms with Crippen LogP contribution < -0.4 is 4.90 Å². The van der Waals surface area contributed by atoms with Crippen molar-refractivity contribution in [2.24, 2.45) is 11.8 Å². The maximum atomic E-state index is 13.9. The summed E-state index contributed by atoms with van der Waals surface area (Å²) in [4.78, 5) is 54.7. The summed E-state index contributed by atoms with van der Waals surface area (Å²) in [7, 11) is 1.56. The number of fused-ring (bicyclic) bond motifs is 5. The quantitative estimate of drug-likeness (QED) is 0.199. The highest BCUT2D eigenvalue weighted by molar-refractivity contribution is 6.14. The highest BCUT2D eigenvalue weighted by Crippen LogP contribution is 2.50. The zero-order valence-corrected chi connectivity index (χ0v) is 19.4. The summed E-state index contributed by atoms with van der Waals surface area (Å²) in [5.41, 5.74) is 2.88. The summed E-state index contributed by atoms with van der Waals surface area (Å²) in [6.07, 6.45) is 2.49. The molecule has 0 aliphatic carbocycles. The van der Waals surface area contributed by atoms with Crippen LogP contribution in [0.15, 0.2) is 54.6 Å². The Morgan fingerprint density at radius 2 is 1.74 bits per heavy atom. The van der Waals surface area contributed by atoms with E-state index in [2.05, 4.69) is 0 Å². The fourth-order valence-corrected chi connectivity index (χ4v) is 5.66. The topological polar surface area (TPSA) is 110 Å². The largest absolute Gasteiger partial charge is 0.385 e. The molecule has 2 amide bonds. The highest BCUT2D eigenvalue weighted by Gasteiger charge is 2.64. The lowest BCUT2D eigenvalue weighted by molar-refractivity contribution is -0.384. The molecule has 0 radical (unpaired) electrons. The molecule has 2 saturated heterocycles. The van der Waals surface area contributed by atoms with Crippen molar-refractivity contribution in [1.82, 2.24) is 4.90 Å². The average Bonchev–Trinajstić information content (AvgIpc) is 3.32. The predicted molar refractivity (Wildman–Crippen MR) is 128 cm³/mol. The molecule has 180 valence electrons. The molecule has 4 atom stereocenters. The van der Waals surface area contributed by atoms with E-state index in [1.165, 1.54) is 29.2 Å². The number of nitrogens with zero attached hydrogens (tertiary/aromatic N) is 3. The Labute approximate surface area is 202 Å². The second-order valence-corrected chi connectivity index (χ2v) is 9.10. The van der Waals surface area contributed by atoms with Crippen LogP contribution in [0.25, 0.3) is 5.57 Å². The number of rotatable bonds is 7. The first-order chi connectivity index (χ1) is 16.8. The molecule has 9 nitrogen and oxygen atoms in total. The number of nitro groups is 1. The number of para-hydroxylation sites is 1. The minimum atomic E-state index is -0.902. The van der Waals surface area contributed by atoms with Crippen molar-refractivity contribution in [1.29, 1.82) is 0 Å². The van der Waals surface area contributed by atoms with Gasteiger partial charge in [0.15, 0.2) is 5.78 Å². The first kappa shape index (κ1) is 22.9. The first-order valence-electron chi connectivity index (χ1n) is 11.5. The summed E-state index contributed by atoms with van der Waals surface area (Å²) in [6.45, 7) is 2.62. The summed E-state index contributed by atoms with van der Waals surface area (Å²) in [5, 5.41) is 11.1. The molecule has 2 aromatic carbocycles. The predicted octanol–water partition coefficient (Wildman–Crippen LogP) is 3.09. The van der Waals surface area contributed by atoms with Crippen LogP contribution >= 0.6 is 0 Å². The van der Waals surface area contributed by atoms with Crippen molar-refractivity contribution in [3.63, 3.8) is 0 Å². The third-order valence-corrected chi connectivity index (χ3v) is 7.21. The van der Waals surface area contributed by atoms with Gasteiger partial charge in [-0.1, -0.05) is 24.3 Å². The molecule has 0 spiro atoms. The minimum absolute atomic E-state index is 0.123. The van der Waals surface area contributed by atoms with Crippen molar-refractivity contribution in [2.75, 3.05) is 25.2 Å². The molecule has 3 aliphatic heterocycles. The standard InChI is InChI=1S/C26H25N3O6/c1-15-14-20-21-22(26(32)27(25(21)31)12-5-13-35-2)23(28(20)19-7-4-3-6-18(15)19)24(30)16-8-10-17(11-9-16)29(33)34/h3-4,6-11,14,20-23H,5,12-13H2,1-2H3/t20-,21+,22+,23+/m1/s1. The number of imide groups is 1. The fourth-order valence-electron chi connectivity index (χ4n) is 5.66. The Hall–Kier alpha value is -3.85. The molecule has 2 fully saturated rings. The van der Waals surface area contributed by atoms with Gasteiger partial charge in [0, 0.05) is 49.2 Å². The summed E-state index contributed by atoms with van der Waals surface area (Å²) < 4.78 is 5.08. The number of non-ortho nitro benzene ring substituents is 1. The van der Waals surface area contributed by atoms with E-state index in [1.807, 2.05) is 42.2 Å². The van der Waals surface area contributed by atoms with Crippen LogP contribution in [0, 0.1) is 22.0 Å². The highest BCUT2D eigenvalue weighted by atomic mass is 16.6. The Morgan fingerprint density at radius 3 is 2.43 bits per heavy atom. The molecule has 0 bridgehead atoms. The Morgan fingerprint density at radius 1 is 1.06 bits per heavy atom. The van der Waals surface area contributed by atoms with Gasteiger partial charge in [0.05, 0.1) is 22.8 Å². The Kier molecular flexibility index (Phi) is 5.72. The number of ketones is 1. The maximum absolute atomic E-state index is 13.9. The number of carbonyl (C=O) groups excluding carboxylic acids is 3. The SMILES string of the molecule is COCCCN1C(=O)[C@@H]2[C@H](C1=O)[C@@H](C(=O)c1ccc([N+](=O)[O-])cc1)N1c3ccccc3C(C)=C[C@H]21. The van der Waals surface area contributed by atoms with Gasteiger partial charge in [0.25, 0.3) is 5.69 Å². The third-order valence-electron chi connectivity index (χ3n) is 7.21. The lowest BCUT2D eigenvalue weighted by Gasteiger charge is -2.38. The average molecular weight is 476 g/mol. The normalized spacial score (nSPS) is 24.7. The number of hydrogen-bond acceptors (Lipinski definition) is 7. The van der Waals surface area contributed by atoms with Gasteiger partial charge in [-0.25, -0.2) is 0 Å². The van der Waals surface area contributed by atoms with E-state index >= 15 is 0 Å². The number of amides is 2. The van der Waals surface area contributed by atoms with Gasteiger partial charge in [0.2, 0.25) is 11.8 Å². The van der Waals surface area contributed by atoms with E-state index in [1.54, 1.807) is 7.11 Å². The molecule has 0 unspecified atom stereocenters. The van der Waals surface area contributed by atoms with E-state index in [4.69, 9.17) is 4.74 Å². The summed E-state index contributed by atoms with van der Waals surface area (Å²) >= 11 is 0. The summed E-state index contributed by atoms with van der Waals surface area (Å²) in [6, 6.07) is 11.7. The van der Waals surface area contributed by atoms with Crippen molar-refractivity contribution in [2.45, 2.75) is 25.4 Å². The monoisotopic (exact) mass is 475 g/mol. The zero-order valence-electron chi connectivity index (χ0n) is 19.4. The molecule has 35 heavy (non-hydrogen) atoms. The fraction of sp³-hybridized carbons (Fsp3) is 0.346. The van der Waals surface area contributed by atoms with Crippen LogP contribution in [0.2, 0.25) is 0 Å². The van der Waals surface area contributed by atoms with Gasteiger partial charge < -0.3 is 9.64 Å². The molecule has 0 N–H and O–H groups in total. The number of anilines is 1. The Bertz CT molecular complexity index is 1250. The maximum Gasteiger partial charge on any atom is 0.269 e. The number of carbonyl (C=O) groups is 3. The van der Waals surface area contributed by atoms with E-state index in [9.17, 15) is 24.5 Å². The number of likely N-dealkylation sites (tertiary alicyclic amines) is 1. The van der Waals surface area contributed by atoms with Crippen LogP contribution in [0.5, 0.6) is 0 Å². The van der Waals surface area contributed by atoms with Crippen LogP contribution in [0.4, 0.5) is 11.4 Å². The molecular weight excluding hydrogens is 450 g/mol. The number of hydrogen-bond donors (Lipinski definition) is 0. The smallest absolute Gasteiger partial charge is 0.269 e. The van der Waals surface area contributed by atoms with Crippen molar-refractivity contribution in [3.8, 4) is 0 Å². The van der Waals surface area contributed by atoms with Crippen LogP contribution in [-0.2, 0) is 14.3 Å². The van der Waals surface area contributed by atoms with E-state index in [0.29, 0.717) is 13.0 Å². The molecule has 0 saturated carbocycles. The van der Waals surface area contributed by atoms with Crippen molar-refractivity contribution in [3.05, 3.63) is 75.8 Å². The number of methoxy groups -OCH3 is 1. The number of ether oxygens (including phenoxy) is 1. The molecular formula is C26H25N3O6.